The normalized spacial score (nSPS) is 16.6. The van der Waals surface area contributed by atoms with E-state index in [0.717, 1.165) is 29.4 Å². The highest BCUT2D eigenvalue weighted by Gasteiger charge is 2.27. The Morgan fingerprint density at radius 2 is 2.12 bits per heavy atom. The molecule has 0 bridgehead atoms. The minimum absolute atomic E-state index is 0.156. The van der Waals surface area contributed by atoms with Crippen LogP contribution < -0.4 is 20.7 Å². The average Bonchev–Trinajstić information content (AvgIpc) is 3.19. The standard InChI is InChI=1S/C13H20N2O2/c1-16-10-5-6-11(13(8-10)17-2)12(15-14)7-9-3-4-9/h5-6,8-9,12,15H,3-4,7,14H2,1-2H3. The fraction of sp³-hybridized carbons (Fsp3) is 0.538. The zero-order valence-corrected chi connectivity index (χ0v) is 10.4. The van der Waals surface area contributed by atoms with Crippen molar-refractivity contribution in [2.45, 2.75) is 25.3 Å². The number of hydrazine groups is 1. The van der Waals surface area contributed by atoms with Gasteiger partial charge in [0.15, 0.2) is 0 Å². The molecule has 1 saturated carbocycles. The van der Waals surface area contributed by atoms with Gasteiger partial charge in [-0.15, -0.1) is 0 Å². The van der Waals surface area contributed by atoms with E-state index in [0.29, 0.717) is 0 Å². The van der Waals surface area contributed by atoms with Gasteiger partial charge < -0.3 is 9.47 Å². The molecule has 0 radical (unpaired) electrons. The summed E-state index contributed by atoms with van der Waals surface area (Å²) < 4.78 is 10.6. The molecule has 2 rings (SSSR count). The molecule has 3 N–H and O–H groups in total. The summed E-state index contributed by atoms with van der Waals surface area (Å²) in [5.74, 6) is 8.07. The van der Waals surface area contributed by atoms with Gasteiger partial charge in [0.05, 0.1) is 14.2 Å². The lowest BCUT2D eigenvalue weighted by Crippen LogP contribution is -2.28. The lowest BCUT2D eigenvalue weighted by molar-refractivity contribution is 0.380. The first-order chi connectivity index (χ1) is 8.28. The van der Waals surface area contributed by atoms with E-state index in [1.54, 1.807) is 14.2 Å². The zero-order valence-electron chi connectivity index (χ0n) is 10.4. The molecule has 0 heterocycles. The lowest BCUT2D eigenvalue weighted by atomic mass is 10.0. The molecule has 94 valence electrons. The molecule has 0 aromatic heterocycles. The quantitative estimate of drug-likeness (QED) is 0.586. The maximum absolute atomic E-state index is 5.64. The van der Waals surface area contributed by atoms with Crippen molar-refractivity contribution in [3.63, 3.8) is 0 Å². The molecule has 0 spiro atoms. The van der Waals surface area contributed by atoms with E-state index in [1.807, 2.05) is 18.2 Å². The van der Waals surface area contributed by atoms with Gasteiger partial charge in [0, 0.05) is 17.7 Å². The number of hydrogen-bond donors (Lipinski definition) is 2. The summed E-state index contributed by atoms with van der Waals surface area (Å²) in [6, 6.07) is 6.01. The number of benzene rings is 1. The van der Waals surface area contributed by atoms with E-state index in [2.05, 4.69) is 5.43 Å². The van der Waals surface area contributed by atoms with Gasteiger partial charge in [-0.1, -0.05) is 18.9 Å². The van der Waals surface area contributed by atoms with Gasteiger partial charge in [0.1, 0.15) is 11.5 Å². The largest absolute Gasteiger partial charge is 0.497 e. The van der Waals surface area contributed by atoms with E-state index >= 15 is 0 Å². The highest BCUT2D eigenvalue weighted by Crippen LogP contribution is 2.40. The summed E-state index contributed by atoms with van der Waals surface area (Å²) in [5.41, 5.74) is 3.98. The maximum Gasteiger partial charge on any atom is 0.127 e. The van der Waals surface area contributed by atoms with Crippen molar-refractivity contribution in [1.29, 1.82) is 0 Å². The highest BCUT2D eigenvalue weighted by molar-refractivity contribution is 5.42. The van der Waals surface area contributed by atoms with Crippen molar-refractivity contribution in [3.8, 4) is 11.5 Å². The topological polar surface area (TPSA) is 56.5 Å². The first-order valence-corrected chi connectivity index (χ1v) is 5.96. The molecule has 0 saturated heterocycles. The van der Waals surface area contributed by atoms with Crippen LogP contribution in [0.2, 0.25) is 0 Å². The van der Waals surface area contributed by atoms with Gasteiger partial charge in [0.25, 0.3) is 0 Å². The molecule has 1 aliphatic carbocycles. The van der Waals surface area contributed by atoms with E-state index in [1.165, 1.54) is 12.8 Å². The molecule has 0 amide bonds. The van der Waals surface area contributed by atoms with Gasteiger partial charge in [0.2, 0.25) is 0 Å². The van der Waals surface area contributed by atoms with E-state index < -0.39 is 0 Å². The third-order valence-electron chi connectivity index (χ3n) is 3.28. The lowest BCUT2D eigenvalue weighted by Gasteiger charge is -2.19. The van der Waals surface area contributed by atoms with Crippen LogP contribution in [0.4, 0.5) is 0 Å². The number of ether oxygens (including phenoxy) is 2. The van der Waals surface area contributed by atoms with Crippen LogP contribution in [0.25, 0.3) is 0 Å². The van der Waals surface area contributed by atoms with Gasteiger partial charge in [-0.3, -0.25) is 11.3 Å². The van der Waals surface area contributed by atoms with Crippen molar-refractivity contribution in [3.05, 3.63) is 23.8 Å². The second kappa shape index (κ2) is 5.38. The number of rotatable bonds is 6. The third kappa shape index (κ3) is 2.90. The number of nitrogens with two attached hydrogens (primary N) is 1. The van der Waals surface area contributed by atoms with Crippen LogP contribution in [-0.4, -0.2) is 14.2 Å². The van der Waals surface area contributed by atoms with Gasteiger partial charge >= 0.3 is 0 Å². The molecular formula is C13H20N2O2. The number of nitrogens with one attached hydrogen (secondary N) is 1. The van der Waals surface area contributed by atoms with Crippen LogP contribution in [0.5, 0.6) is 11.5 Å². The van der Waals surface area contributed by atoms with Crippen molar-refractivity contribution >= 4 is 0 Å². The predicted octanol–water partition coefficient (Wildman–Crippen LogP) is 2.01. The Hall–Kier alpha value is -1.26. The summed E-state index contributed by atoms with van der Waals surface area (Å²) in [6.45, 7) is 0. The van der Waals surface area contributed by atoms with Crippen molar-refractivity contribution in [1.82, 2.24) is 5.43 Å². The highest BCUT2D eigenvalue weighted by atomic mass is 16.5. The summed E-state index contributed by atoms with van der Waals surface area (Å²) in [4.78, 5) is 0. The monoisotopic (exact) mass is 236 g/mol. The molecule has 4 nitrogen and oxygen atoms in total. The number of hydrogen-bond acceptors (Lipinski definition) is 4. The number of methoxy groups -OCH3 is 2. The van der Waals surface area contributed by atoms with Crippen LogP contribution in [-0.2, 0) is 0 Å². The van der Waals surface area contributed by atoms with E-state index in [-0.39, 0.29) is 6.04 Å². The summed E-state index contributed by atoms with van der Waals surface area (Å²) in [5, 5.41) is 0. The van der Waals surface area contributed by atoms with Crippen molar-refractivity contribution in [2.24, 2.45) is 11.8 Å². The van der Waals surface area contributed by atoms with Gasteiger partial charge in [-0.05, 0) is 18.4 Å². The molecular weight excluding hydrogens is 216 g/mol. The molecule has 1 unspecified atom stereocenters. The molecule has 1 atom stereocenters. The summed E-state index contributed by atoms with van der Waals surface area (Å²) in [7, 11) is 3.32. The van der Waals surface area contributed by atoms with E-state index in [9.17, 15) is 0 Å². The van der Waals surface area contributed by atoms with Gasteiger partial charge in [-0.25, -0.2) is 0 Å². The first-order valence-electron chi connectivity index (χ1n) is 5.96. The molecule has 1 fully saturated rings. The van der Waals surface area contributed by atoms with Crippen LogP contribution in [0, 0.1) is 5.92 Å². The van der Waals surface area contributed by atoms with Crippen molar-refractivity contribution in [2.75, 3.05) is 14.2 Å². The second-order valence-corrected chi connectivity index (χ2v) is 4.51. The summed E-state index contributed by atoms with van der Waals surface area (Å²) >= 11 is 0. The molecule has 17 heavy (non-hydrogen) atoms. The minimum atomic E-state index is 0.156. The molecule has 0 aliphatic heterocycles. The Morgan fingerprint density at radius 1 is 1.35 bits per heavy atom. The van der Waals surface area contributed by atoms with Crippen LogP contribution in [0.3, 0.4) is 0 Å². The van der Waals surface area contributed by atoms with Gasteiger partial charge in [-0.2, -0.15) is 0 Å². The van der Waals surface area contributed by atoms with Crippen LogP contribution in [0.15, 0.2) is 18.2 Å². The van der Waals surface area contributed by atoms with Crippen molar-refractivity contribution < 1.29 is 9.47 Å². The Kier molecular flexibility index (Phi) is 3.86. The Morgan fingerprint density at radius 3 is 2.65 bits per heavy atom. The molecule has 1 aliphatic rings. The SMILES string of the molecule is COc1ccc(C(CC2CC2)NN)c(OC)c1. The minimum Gasteiger partial charge on any atom is -0.497 e. The Bertz CT molecular complexity index is 378. The Labute approximate surface area is 102 Å². The van der Waals surface area contributed by atoms with Crippen LogP contribution >= 0.6 is 0 Å². The van der Waals surface area contributed by atoms with E-state index in [4.69, 9.17) is 15.3 Å². The predicted molar refractivity (Wildman–Crippen MR) is 67.0 cm³/mol. The smallest absolute Gasteiger partial charge is 0.127 e. The maximum atomic E-state index is 5.64. The Balaban J connectivity index is 2.21. The molecule has 1 aromatic rings. The second-order valence-electron chi connectivity index (χ2n) is 4.51. The molecule has 1 aromatic carbocycles. The fourth-order valence-corrected chi connectivity index (χ4v) is 2.08. The third-order valence-corrected chi connectivity index (χ3v) is 3.28. The summed E-state index contributed by atoms with van der Waals surface area (Å²) in [6.07, 6.45) is 3.70. The average molecular weight is 236 g/mol. The fourth-order valence-electron chi connectivity index (χ4n) is 2.08. The first kappa shape index (κ1) is 12.2. The zero-order chi connectivity index (χ0) is 12.3. The van der Waals surface area contributed by atoms with Crippen LogP contribution in [0.1, 0.15) is 30.9 Å². The molecule has 4 heteroatoms.